The standard InChI is InChI=1S/C11H13N3O3S/c1-12-11-3-2-10(7-13-11)18(15,16)14-6-9-4-5-17-8-9/h2-5,7-8,14H,6H2,1H3,(H,12,13). The topological polar surface area (TPSA) is 84.2 Å². The molecule has 2 aromatic heterocycles. The molecule has 0 saturated heterocycles. The first-order chi connectivity index (χ1) is 8.62. The number of hydrogen-bond donors (Lipinski definition) is 2. The molecule has 6 nitrogen and oxygen atoms in total. The molecule has 0 amide bonds. The first kappa shape index (κ1) is 12.6. The maximum absolute atomic E-state index is 11.9. The maximum Gasteiger partial charge on any atom is 0.242 e. The number of rotatable bonds is 5. The Hall–Kier alpha value is -1.86. The molecule has 0 aliphatic carbocycles. The van der Waals surface area contributed by atoms with Crippen LogP contribution in [0.1, 0.15) is 5.56 Å². The van der Waals surface area contributed by atoms with Crippen LogP contribution in [0.3, 0.4) is 0 Å². The van der Waals surface area contributed by atoms with Gasteiger partial charge in [0.1, 0.15) is 10.7 Å². The van der Waals surface area contributed by atoms with Crippen LogP contribution in [-0.2, 0) is 16.6 Å². The van der Waals surface area contributed by atoms with Crippen molar-refractivity contribution in [3.63, 3.8) is 0 Å². The van der Waals surface area contributed by atoms with Crippen molar-refractivity contribution in [2.24, 2.45) is 0 Å². The Morgan fingerprint density at radius 3 is 2.72 bits per heavy atom. The van der Waals surface area contributed by atoms with Crippen molar-refractivity contribution in [2.45, 2.75) is 11.4 Å². The fraction of sp³-hybridized carbons (Fsp3) is 0.182. The Morgan fingerprint density at radius 2 is 2.17 bits per heavy atom. The van der Waals surface area contributed by atoms with Crippen LogP contribution in [0.25, 0.3) is 0 Å². The van der Waals surface area contributed by atoms with Crippen LogP contribution in [0.2, 0.25) is 0 Å². The molecular weight excluding hydrogens is 254 g/mol. The summed E-state index contributed by atoms with van der Waals surface area (Å²) < 4.78 is 31.2. The third-order valence-electron chi connectivity index (χ3n) is 2.35. The normalized spacial score (nSPS) is 11.4. The van der Waals surface area contributed by atoms with Crippen molar-refractivity contribution in [3.8, 4) is 0 Å². The monoisotopic (exact) mass is 267 g/mol. The van der Waals surface area contributed by atoms with Gasteiger partial charge in [0.2, 0.25) is 10.0 Å². The van der Waals surface area contributed by atoms with E-state index in [1.54, 1.807) is 19.2 Å². The fourth-order valence-electron chi connectivity index (χ4n) is 1.34. The van der Waals surface area contributed by atoms with Crippen LogP contribution in [0.15, 0.2) is 46.2 Å². The quantitative estimate of drug-likeness (QED) is 0.850. The molecule has 2 aromatic rings. The molecule has 0 saturated carbocycles. The number of nitrogens with zero attached hydrogens (tertiary/aromatic N) is 1. The van der Waals surface area contributed by atoms with Gasteiger partial charge >= 0.3 is 0 Å². The second-order valence-corrected chi connectivity index (χ2v) is 5.35. The van der Waals surface area contributed by atoms with E-state index in [-0.39, 0.29) is 11.4 Å². The number of pyridine rings is 1. The number of aromatic nitrogens is 1. The highest BCUT2D eigenvalue weighted by atomic mass is 32.2. The van der Waals surface area contributed by atoms with Gasteiger partial charge in [0, 0.05) is 25.4 Å². The van der Waals surface area contributed by atoms with Crippen molar-refractivity contribution >= 4 is 15.8 Å². The highest BCUT2D eigenvalue weighted by molar-refractivity contribution is 7.89. The van der Waals surface area contributed by atoms with E-state index in [0.717, 1.165) is 5.56 Å². The summed E-state index contributed by atoms with van der Waals surface area (Å²) in [5.74, 6) is 0.615. The van der Waals surface area contributed by atoms with E-state index in [1.165, 1.54) is 24.8 Å². The van der Waals surface area contributed by atoms with Gasteiger partial charge in [-0.3, -0.25) is 0 Å². The summed E-state index contributed by atoms with van der Waals surface area (Å²) in [7, 11) is -1.83. The smallest absolute Gasteiger partial charge is 0.242 e. The minimum absolute atomic E-state index is 0.130. The lowest BCUT2D eigenvalue weighted by Crippen LogP contribution is -2.23. The molecule has 0 fully saturated rings. The molecule has 2 N–H and O–H groups in total. The third kappa shape index (κ3) is 2.88. The highest BCUT2D eigenvalue weighted by Crippen LogP contribution is 2.11. The molecule has 2 heterocycles. The molecule has 18 heavy (non-hydrogen) atoms. The zero-order valence-corrected chi connectivity index (χ0v) is 10.6. The SMILES string of the molecule is CNc1ccc(S(=O)(=O)NCc2ccoc2)cn1. The van der Waals surface area contributed by atoms with Crippen molar-refractivity contribution in [2.75, 3.05) is 12.4 Å². The molecule has 2 rings (SSSR count). The molecular formula is C11H13N3O3S. The van der Waals surface area contributed by atoms with Gasteiger partial charge in [-0.2, -0.15) is 0 Å². The summed E-state index contributed by atoms with van der Waals surface area (Å²) in [6.07, 6.45) is 4.29. The van der Waals surface area contributed by atoms with E-state index in [4.69, 9.17) is 4.42 Å². The summed E-state index contributed by atoms with van der Waals surface area (Å²) in [5.41, 5.74) is 0.762. The number of hydrogen-bond acceptors (Lipinski definition) is 5. The minimum Gasteiger partial charge on any atom is -0.472 e. The summed E-state index contributed by atoms with van der Waals surface area (Å²) in [6.45, 7) is 0.187. The lowest BCUT2D eigenvalue weighted by atomic mass is 10.4. The molecule has 0 radical (unpaired) electrons. The van der Waals surface area contributed by atoms with E-state index in [0.29, 0.717) is 5.82 Å². The van der Waals surface area contributed by atoms with Gasteiger partial charge in [-0.1, -0.05) is 0 Å². The average Bonchev–Trinajstić information content (AvgIpc) is 2.90. The van der Waals surface area contributed by atoms with Crippen molar-refractivity contribution in [1.82, 2.24) is 9.71 Å². The lowest BCUT2D eigenvalue weighted by Gasteiger charge is -2.06. The van der Waals surface area contributed by atoms with Crippen molar-refractivity contribution in [3.05, 3.63) is 42.5 Å². The van der Waals surface area contributed by atoms with E-state index >= 15 is 0 Å². The molecule has 7 heteroatoms. The Bertz CT molecular complexity index is 591. The second kappa shape index (κ2) is 5.19. The first-order valence-electron chi connectivity index (χ1n) is 5.26. The number of nitrogens with one attached hydrogen (secondary N) is 2. The molecule has 0 aromatic carbocycles. The Kier molecular flexibility index (Phi) is 3.63. The third-order valence-corrected chi connectivity index (χ3v) is 3.74. The van der Waals surface area contributed by atoms with E-state index in [9.17, 15) is 8.42 Å². The van der Waals surface area contributed by atoms with Crippen LogP contribution in [0.4, 0.5) is 5.82 Å². The van der Waals surface area contributed by atoms with Gasteiger partial charge in [-0.15, -0.1) is 0 Å². The van der Waals surface area contributed by atoms with E-state index in [2.05, 4.69) is 15.0 Å². The molecule has 0 spiro atoms. The Morgan fingerprint density at radius 1 is 1.33 bits per heavy atom. The van der Waals surface area contributed by atoms with E-state index in [1.807, 2.05) is 0 Å². The first-order valence-corrected chi connectivity index (χ1v) is 6.75. The largest absolute Gasteiger partial charge is 0.472 e. The van der Waals surface area contributed by atoms with E-state index < -0.39 is 10.0 Å². The van der Waals surface area contributed by atoms with Crippen molar-refractivity contribution in [1.29, 1.82) is 0 Å². The fourth-order valence-corrected chi connectivity index (χ4v) is 2.30. The molecule has 0 bridgehead atoms. The lowest BCUT2D eigenvalue weighted by molar-refractivity contribution is 0.561. The van der Waals surface area contributed by atoms with Gasteiger partial charge in [-0.25, -0.2) is 18.1 Å². The summed E-state index contributed by atoms with van der Waals surface area (Å²) in [4.78, 5) is 4.09. The Labute approximate surface area is 105 Å². The number of anilines is 1. The van der Waals surface area contributed by atoms with Crippen LogP contribution in [0.5, 0.6) is 0 Å². The number of sulfonamides is 1. The zero-order chi connectivity index (χ0) is 13.0. The zero-order valence-electron chi connectivity index (χ0n) is 9.75. The molecule has 0 aliphatic rings. The summed E-state index contributed by atoms with van der Waals surface area (Å²) in [6, 6.07) is 4.80. The highest BCUT2D eigenvalue weighted by Gasteiger charge is 2.14. The van der Waals surface area contributed by atoms with Gasteiger partial charge in [0.05, 0.1) is 12.5 Å². The van der Waals surface area contributed by atoms with Crippen LogP contribution in [0, 0.1) is 0 Å². The van der Waals surface area contributed by atoms with Crippen LogP contribution >= 0.6 is 0 Å². The van der Waals surface area contributed by atoms with Crippen LogP contribution < -0.4 is 10.0 Å². The summed E-state index contributed by atoms with van der Waals surface area (Å²) in [5, 5.41) is 2.82. The number of furan rings is 1. The molecule has 0 unspecified atom stereocenters. The predicted octanol–water partition coefficient (Wildman–Crippen LogP) is 1.19. The molecule has 96 valence electrons. The maximum atomic E-state index is 11.9. The van der Waals surface area contributed by atoms with Crippen molar-refractivity contribution < 1.29 is 12.8 Å². The average molecular weight is 267 g/mol. The van der Waals surface area contributed by atoms with Gasteiger partial charge in [0.25, 0.3) is 0 Å². The molecule has 0 atom stereocenters. The van der Waals surface area contributed by atoms with Crippen LogP contribution in [-0.4, -0.2) is 20.4 Å². The predicted molar refractivity (Wildman–Crippen MR) is 66.5 cm³/mol. The van der Waals surface area contributed by atoms with Gasteiger partial charge < -0.3 is 9.73 Å². The molecule has 0 aliphatic heterocycles. The summed E-state index contributed by atoms with van der Waals surface area (Å²) >= 11 is 0. The minimum atomic E-state index is -3.54. The van der Waals surface area contributed by atoms with Gasteiger partial charge in [-0.05, 0) is 18.2 Å². The van der Waals surface area contributed by atoms with Gasteiger partial charge in [0.15, 0.2) is 0 Å². The second-order valence-electron chi connectivity index (χ2n) is 3.59. The Balaban J connectivity index is 2.09.